The first-order valence-electron chi connectivity index (χ1n) is 7.86. The molecule has 0 radical (unpaired) electrons. The first-order valence-corrected chi connectivity index (χ1v) is 11.1. The van der Waals surface area contributed by atoms with E-state index in [0.717, 1.165) is 0 Å². The van der Waals surface area contributed by atoms with Gasteiger partial charge in [-0.3, -0.25) is 0 Å². The smallest absolute Gasteiger partial charge is 0.0651 e. The number of benzene rings is 2. The molecule has 4 aromatic heterocycles. The van der Waals surface area contributed by atoms with Crippen molar-refractivity contribution in [3.63, 3.8) is 0 Å². The Hall–Kier alpha value is -1.46. The minimum atomic E-state index is 1.35. The van der Waals surface area contributed by atoms with Crippen LogP contribution in [-0.2, 0) is 0 Å². The molecule has 4 heterocycles. The third-order valence-electron chi connectivity index (χ3n) is 4.63. The van der Waals surface area contributed by atoms with E-state index >= 15 is 0 Å². The molecule has 0 saturated heterocycles. The fraction of sp³-hybridized carbons (Fsp3) is 0.100. The second-order valence-corrected chi connectivity index (χ2v) is 10.5. The summed E-state index contributed by atoms with van der Waals surface area (Å²) in [6, 6.07) is 13.7. The average Bonchev–Trinajstić information content (AvgIpc) is 3.23. The van der Waals surface area contributed by atoms with Gasteiger partial charge in [-0.05, 0) is 37.1 Å². The quantitative estimate of drug-likeness (QED) is 0.248. The van der Waals surface area contributed by atoms with Gasteiger partial charge in [0.25, 0.3) is 0 Å². The fourth-order valence-electron chi connectivity index (χ4n) is 3.46. The predicted molar refractivity (Wildman–Crippen MR) is 115 cm³/mol. The highest BCUT2D eigenvalue weighted by Crippen LogP contribution is 2.53. The highest BCUT2D eigenvalue weighted by Gasteiger charge is 2.19. The number of aryl methyl sites for hydroxylation is 2. The van der Waals surface area contributed by atoms with Crippen molar-refractivity contribution in [2.45, 2.75) is 13.8 Å². The van der Waals surface area contributed by atoms with Crippen molar-refractivity contribution < 1.29 is 0 Å². The summed E-state index contributed by atoms with van der Waals surface area (Å²) in [4.78, 5) is 0. The van der Waals surface area contributed by atoms with Crippen LogP contribution in [0.1, 0.15) is 11.1 Å². The van der Waals surface area contributed by atoms with Crippen molar-refractivity contribution in [1.82, 2.24) is 0 Å². The zero-order valence-corrected chi connectivity index (χ0v) is 16.4. The summed E-state index contributed by atoms with van der Waals surface area (Å²) < 4.78 is 11.8. The number of fused-ring (bicyclic) bond motifs is 9. The molecule has 0 bridgehead atoms. The normalized spacial score (nSPS) is 12.6. The molecule has 116 valence electrons. The van der Waals surface area contributed by atoms with E-state index < -0.39 is 0 Å². The van der Waals surface area contributed by atoms with E-state index in [1.807, 2.05) is 45.3 Å². The van der Waals surface area contributed by atoms with Crippen LogP contribution in [0.15, 0.2) is 36.4 Å². The van der Waals surface area contributed by atoms with Crippen LogP contribution in [0.25, 0.3) is 48.4 Å². The van der Waals surface area contributed by atoms with Crippen molar-refractivity contribution in [3.05, 3.63) is 47.5 Å². The van der Waals surface area contributed by atoms with Gasteiger partial charge >= 0.3 is 0 Å². The van der Waals surface area contributed by atoms with E-state index in [1.165, 1.54) is 59.5 Å². The van der Waals surface area contributed by atoms with Crippen molar-refractivity contribution in [2.75, 3.05) is 0 Å². The van der Waals surface area contributed by atoms with Crippen molar-refractivity contribution >= 4 is 93.7 Å². The second-order valence-electron chi connectivity index (χ2n) is 6.38. The van der Waals surface area contributed by atoms with Crippen LogP contribution in [-0.4, -0.2) is 0 Å². The predicted octanol–water partition coefficient (Wildman–Crippen LogP) is 8.32. The van der Waals surface area contributed by atoms with Gasteiger partial charge in [0.1, 0.15) is 0 Å². The Balaban J connectivity index is 1.80. The highest BCUT2D eigenvalue weighted by atomic mass is 32.1. The zero-order valence-electron chi connectivity index (χ0n) is 13.1. The second kappa shape index (κ2) is 4.58. The van der Waals surface area contributed by atoms with Gasteiger partial charge in [-0.1, -0.05) is 24.3 Å². The lowest BCUT2D eigenvalue weighted by Gasteiger charge is -1.91. The molecule has 0 nitrogen and oxygen atoms in total. The van der Waals surface area contributed by atoms with Crippen LogP contribution in [0, 0.1) is 13.8 Å². The average molecular weight is 381 g/mol. The van der Waals surface area contributed by atoms with E-state index in [9.17, 15) is 0 Å². The van der Waals surface area contributed by atoms with Crippen LogP contribution in [0.4, 0.5) is 0 Å². The van der Waals surface area contributed by atoms with Crippen molar-refractivity contribution in [2.24, 2.45) is 0 Å². The minimum Gasteiger partial charge on any atom is -0.133 e. The zero-order chi connectivity index (χ0) is 16.0. The summed E-state index contributed by atoms with van der Waals surface area (Å²) in [5.74, 6) is 0. The van der Waals surface area contributed by atoms with E-state index in [0.29, 0.717) is 0 Å². The fourth-order valence-corrected chi connectivity index (χ4v) is 9.53. The number of hydrogen-bond donors (Lipinski definition) is 0. The van der Waals surface area contributed by atoms with E-state index in [2.05, 4.69) is 50.2 Å². The number of rotatable bonds is 0. The molecule has 0 saturated carbocycles. The van der Waals surface area contributed by atoms with Crippen LogP contribution >= 0.6 is 45.3 Å². The Morgan fingerprint density at radius 1 is 0.500 bits per heavy atom. The molecule has 0 atom stereocenters. The molecule has 6 aromatic rings. The molecule has 0 spiro atoms. The van der Waals surface area contributed by atoms with Crippen molar-refractivity contribution in [1.29, 1.82) is 0 Å². The molecule has 4 heteroatoms. The lowest BCUT2D eigenvalue weighted by Crippen LogP contribution is -1.67. The van der Waals surface area contributed by atoms with Gasteiger partial charge in [0, 0.05) is 20.2 Å². The summed E-state index contributed by atoms with van der Waals surface area (Å²) in [5, 5.41) is 2.86. The van der Waals surface area contributed by atoms with Gasteiger partial charge in [0.15, 0.2) is 0 Å². The topological polar surface area (TPSA) is 0 Å². The number of thiophene rings is 4. The molecule has 0 N–H and O–H groups in total. The first-order chi connectivity index (χ1) is 11.7. The molecule has 6 rings (SSSR count). The number of hydrogen-bond acceptors (Lipinski definition) is 4. The third kappa shape index (κ3) is 1.67. The van der Waals surface area contributed by atoms with Gasteiger partial charge in [-0.15, -0.1) is 45.3 Å². The lowest BCUT2D eigenvalue weighted by molar-refractivity contribution is 1.52. The van der Waals surface area contributed by atoms with E-state index in [4.69, 9.17) is 0 Å². The summed E-state index contributed by atoms with van der Waals surface area (Å²) >= 11 is 7.91. The maximum atomic E-state index is 2.33. The standard InChI is InChI=1S/C20H12S4/c1-9-3-5-11-13(7-9)21-17-15(11)23-20-18-16(24-19(17)20)12-6-4-10(2)8-14(12)22-18/h3-8H,1-2H3. The summed E-state index contributed by atoms with van der Waals surface area (Å²) in [6.45, 7) is 4.36. The monoisotopic (exact) mass is 380 g/mol. The Bertz CT molecular complexity index is 1310. The highest BCUT2D eigenvalue weighted by molar-refractivity contribution is 7.47. The molecular formula is C20H12S4. The molecule has 0 amide bonds. The molecule has 24 heavy (non-hydrogen) atoms. The SMILES string of the molecule is Cc1ccc2c(c1)sc1c2sc2c3sc4cc(C)ccc4c3sc12. The van der Waals surface area contributed by atoms with E-state index in [1.54, 1.807) is 0 Å². The summed E-state index contributed by atoms with van der Waals surface area (Å²) in [7, 11) is 0. The van der Waals surface area contributed by atoms with Crippen LogP contribution in [0.5, 0.6) is 0 Å². The van der Waals surface area contributed by atoms with Gasteiger partial charge in [-0.25, -0.2) is 0 Å². The maximum absolute atomic E-state index is 2.33. The Morgan fingerprint density at radius 2 is 0.917 bits per heavy atom. The summed E-state index contributed by atoms with van der Waals surface area (Å²) in [6.07, 6.45) is 0. The Labute approximate surface area is 154 Å². The molecule has 0 unspecified atom stereocenters. The van der Waals surface area contributed by atoms with Crippen LogP contribution < -0.4 is 0 Å². The minimum absolute atomic E-state index is 1.35. The lowest BCUT2D eigenvalue weighted by atomic mass is 10.2. The molecular weight excluding hydrogens is 368 g/mol. The molecule has 0 aliphatic rings. The largest absolute Gasteiger partial charge is 0.133 e. The summed E-state index contributed by atoms with van der Waals surface area (Å²) in [5.41, 5.74) is 2.70. The van der Waals surface area contributed by atoms with Crippen molar-refractivity contribution in [3.8, 4) is 0 Å². The first kappa shape index (κ1) is 13.8. The van der Waals surface area contributed by atoms with E-state index in [-0.39, 0.29) is 0 Å². The molecule has 2 aromatic carbocycles. The maximum Gasteiger partial charge on any atom is 0.0651 e. The Morgan fingerprint density at radius 3 is 1.38 bits per heavy atom. The van der Waals surface area contributed by atoms with Gasteiger partial charge in [0.05, 0.1) is 28.2 Å². The van der Waals surface area contributed by atoms with Gasteiger partial charge in [-0.2, -0.15) is 0 Å². The van der Waals surface area contributed by atoms with Gasteiger partial charge in [0.2, 0.25) is 0 Å². The third-order valence-corrected chi connectivity index (χ3v) is 10.1. The Kier molecular flexibility index (Phi) is 2.63. The molecule has 0 aliphatic heterocycles. The van der Waals surface area contributed by atoms with Crippen LogP contribution in [0.2, 0.25) is 0 Å². The van der Waals surface area contributed by atoms with Gasteiger partial charge < -0.3 is 0 Å². The van der Waals surface area contributed by atoms with Crippen LogP contribution in [0.3, 0.4) is 0 Å². The molecule has 0 aliphatic carbocycles. The molecule has 0 fully saturated rings.